The van der Waals surface area contributed by atoms with Crippen LogP contribution in [0.3, 0.4) is 0 Å². The number of nitrogens with zero attached hydrogens (tertiary/aromatic N) is 3. The van der Waals surface area contributed by atoms with Gasteiger partial charge in [-0.25, -0.2) is 0 Å². The number of imide groups is 1. The summed E-state index contributed by atoms with van der Waals surface area (Å²) in [6.45, 7) is 0.454. The molecule has 18 heavy (non-hydrogen) atoms. The van der Waals surface area contributed by atoms with Crippen LogP contribution >= 0.6 is 0 Å². The van der Waals surface area contributed by atoms with Crippen molar-refractivity contribution in [2.75, 3.05) is 0 Å². The van der Waals surface area contributed by atoms with Gasteiger partial charge in [0.1, 0.15) is 0 Å². The molecule has 1 saturated carbocycles. The first-order chi connectivity index (χ1) is 8.75. The van der Waals surface area contributed by atoms with Crippen molar-refractivity contribution in [2.45, 2.75) is 37.9 Å². The van der Waals surface area contributed by atoms with E-state index in [2.05, 4.69) is 15.5 Å². The van der Waals surface area contributed by atoms with Gasteiger partial charge >= 0.3 is 0 Å². The Kier molecular flexibility index (Phi) is 2.79. The Morgan fingerprint density at radius 2 is 2.22 bits per heavy atom. The standard InChI is InChI=1S/C12H14N4O2/c17-11-6-10(12(18)16(11)9-3-4-9)13-7-8-2-1-5-14-15-8/h1-2,5,9-10,13H,3-4,6-7H2. The molecular weight excluding hydrogens is 232 g/mol. The molecule has 1 unspecified atom stereocenters. The average Bonchev–Trinajstić information content (AvgIpc) is 3.16. The molecule has 0 aromatic carbocycles. The van der Waals surface area contributed by atoms with Gasteiger partial charge in [0.2, 0.25) is 11.8 Å². The van der Waals surface area contributed by atoms with E-state index in [0.717, 1.165) is 18.5 Å². The van der Waals surface area contributed by atoms with E-state index in [0.29, 0.717) is 6.54 Å². The zero-order valence-corrected chi connectivity index (χ0v) is 9.87. The minimum absolute atomic E-state index is 0.0563. The number of rotatable bonds is 4. The van der Waals surface area contributed by atoms with E-state index in [-0.39, 0.29) is 24.3 Å². The summed E-state index contributed by atoms with van der Waals surface area (Å²) >= 11 is 0. The number of aromatic nitrogens is 2. The Balaban J connectivity index is 1.61. The van der Waals surface area contributed by atoms with Gasteiger partial charge in [-0.05, 0) is 25.0 Å². The summed E-state index contributed by atoms with van der Waals surface area (Å²) in [5.41, 5.74) is 0.766. The monoisotopic (exact) mass is 246 g/mol. The average molecular weight is 246 g/mol. The van der Waals surface area contributed by atoms with Crippen molar-refractivity contribution in [3.8, 4) is 0 Å². The number of amides is 2. The molecule has 0 bridgehead atoms. The number of hydrogen-bond acceptors (Lipinski definition) is 5. The molecule has 6 nitrogen and oxygen atoms in total. The van der Waals surface area contributed by atoms with Crippen LogP contribution in [0.5, 0.6) is 0 Å². The SMILES string of the molecule is O=C1CC(NCc2cccnn2)C(=O)N1C1CC1. The van der Waals surface area contributed by atoms with Gasteiger partial charge in [-0.15, -0.1) is 0 Å². The number of carbonyl (C=O) groups is 2. The fourth-order valence-electron chi connectivity index (χ4n) is 2.18. The Morgan fingerprint density at radius 1 is 1.39 bits per heavy atom. The van der Waals surface area contributed by atoms with Crippen molar-refractivity contribution < 1.29 is 9.59 Å². The summed E-state index contributed by atoms with van der Waals surface area (Å²) in [6.07, 6.45) is 3.76. The lowest BCUT2D eigenvalue weighted by Gasteiger charge is -2.14. The number of nitrogens with one attached hydrogen (secondary N) is 1. The Morgan fingerprint density at radius 3 is 2.89 bits per heavy atom. The van der Waals surface area contributed by atoms with Crippen LogP contribution in [-0.2, 0) is 16.1 Å². The first kappa shape index (κ1) is 11.3. The summed E-state index contributed by atoms with van der Waals surface area (Å²) in [5, 5.41) is 10.8. The maximum Gasteiger partial charge on any atom is 0.247 e. The molecule has 2 heterocycles. The molecule has 0 radical (unpaired) electrons. The third kappa shape index (κ3) is 2.11. The summed E-state index contributed by atoms with van der Waals surface area (Å²) in [4.78, 5) is 25.2. The van der Waals surface area contributed by atoms with Gasteiger partial charge in [0.05, 0.1) is 18.2 Å². The van der Waals surface area contributed by atoms with Crippen LogP contribution in [0.1, 0.15) is 25.0 Å². The van der Waals surface area contributed by atoms with Crippen molar-refractivity contribution in [1.29, 1.82) is 0 Å². The second kappa shape index (κ2) is 4.45. The molecule has 1 N–H and O–H groups in total. The van der Waals surface area contributed by atoms with E-state index in [1.165, 1.54) is 4.90 Å². The van der Waals surface area contributed by atoms with E-state index in [1.54, 1.807) is 12.3 Å². The van der Waals surface area contributed by atoms with Gasteiger partial charge in [-0.2, -0.15) is 10.2 Å². The van der Waals surface area contributed by atoms with Gasteiger partial charge in [0.25, 0.3) is 0 Å². The minimum Gasteiger partial charge on any atom is -0.300 e. The normalized spacial score (nSPS) is 23.8. The highest BCUT2D eigenvalue weighted by Crippen LogP contribution is 2.31. The smallest absolute Gasteiger partial charge is 0.247 e. The molecule has 94 valence electrons. The lowest BCUT2D eigenvalue weighted by molar-refractivity contribution is -0.139. The van der Waals surface area contributed by atoms with E-state index < -0.39 is 6.04 Å². The summed E-state index contributed by atoms with van der Waals surface area (Å²) < 4.78 is 0. The van der Waals surface area contributed by atoms with Crippen LogP contribution < -0.4 is 5.32 Å². The van der Waals surface area contributed by atoms with E-state index in [4.69, 9.17) is 0 Å². The highest BCUT2D eigenvalue weighted by molar-refractivity contribution is 6.06. The molecule has 1 aliphatic heterocycles. The molecule has 1 atom stereocenters. The molecule has 3 rings (SSSR count). The quantitative estimate of drug-likeness (QED) is 0.748. The van der Waals surface area contributed by atoms with Gasteiger partial charge in [-0.3, -0.25) is 19.8 Å². The first-order valence-corrected chi connectivity index (χ1v) is 6.11. The molecule has 1 aliphatic carbocycles. The van der Waals surface area contributed by atoms with Crippen molar-refractivity contribution in [2.24, 2.45) is 0 Å². The van der Waals surface area contributed by atoms with Crippen LogP contribution in [0.15, 0.2) is 18.3 Å². The molecule has 2 aliphatic rings. The van der Waals surface area contributed by atoms with Gasteiger partial charge < -0.3 is 0 Å². The lowest BCUT2D eigenvalue weighted by atomic mass is 10.2. The predicted molar refractivity (Wildman–Crippen MR) is 62.2 cm³/mol. The predicted octanol–water partition coefficient (Wildman–Crippen LogP) is -0.144. The first-order valence-electron chi connectivity index (χ1n) is 6.11. The fraction of sp³-hybridized carbons (Fsp3) is 0.500. The topological polar surface area (TPSA) is 75.2 Å². The van der Waals surface area contributed by atoms with Crippen LogP contribution in [0, 0.1) is 0 Å². The molecule has 0 spiro atoms. The second-order valence-corrected chi connectivity index (χ2v) is 4.69. The van der Waals surface area contributed by atoms with Crippen molar-refractivity contribution in [3.63, 3.8) is 0 Å². The van der Waals surface area contributed by atoms with Crippen molar-refractivity contribution in [1.82, 2.24) is 20.4 Å². The minimum atomic E-state index is -0.403. The highest BCUT2D eigenvalue weighted by atomic mass is 16.2. The highest BCUT2D eigenvalue weighted by Gasteiger charge is 2.45. The van der Waals surface area contributed by atoms with Crippen LogP contribution in [0.4, 0.5) is 0 Å². The maximum absolute atomic E-state index is 12.0. The zero-order valence-electron chi connectivity index (χ0n) is 9.87. The molecule has 2 fully saturated rings. The summed E-state index contributed by atoms with van der Waals surface area (Å²) in [7, 11) is 0. The van der Waals surface area contributed by atoms with Crippen molar-refractivity contribution >= 4 is 11.8 Å². The summed E-state index contributed by atoms with van der Waals surface area (Å²) in [5.74, 6) is -0.148. The second-order valence-electron chi connectivity index (χ2n) is 4.69. The van der Waals surface area contributed by atoms with Gasteiger partial charge in [-0.1, -0.05) is 0 Å². The molecule has 2 amide bonds. The van der Waals surface area contributed by atoms with E-state index in [9.17, 15) is 9.59 Å². The Hall–Kier alpha value is -1.82. The number of carbonyl (C=O) groups excluding carboxylic acids is 2. The molecule has 1 aromatic heterocycles. The van der Waals surface area contributed by atoms with E-state index in [1.807, 2.05) is 6.07 Å². The maximum atomic E-state index is 12.0. The lowest BCUT2D eigenvalue weighted by Crippen LogP contribution is -2.39. The van der Waals surface area contributed by atoms with Crippen LogP contribution in [-0.4, -0.2) is 39.0 Å². The Bertz CT molecular complexity index is 472. The third-order valence-corrected chi connectivity index (χ3v) is 3.25. The number of hydrogen-bond donors (Lipinski definition) is 1. The van der Waals surface area contributed by atoms with Gasteiger partial charge in [0, 0.05) is 18.8 Å². The Labute approximate surface area is 104 Å². The third-order valence-electron chi connectivity index (χ3n) is 3.25. The zero-order chi connectivity index (χ0) is 12.5. The molecule has 1 saturated heterocycles. The van der Waals surface area contributed by atoms with E-state index >= 15 is 0 Å². The largest absolute Gasteiger partial charge is 0.300 e. The van der Waals surface area contributed by atoms with Crippen LogP contribution in [0.25, 0.3) is 0 Å². The van der Waals surface area contributed by atoms with Crippen LogP contribution in [0.2, 0.25) is 0 Å². The fourth-order valence-corrected chi connectivity index (χ4v) is 2.18. The van der Waals surface area contributed by atoms with Gasteiger partial charge in [0.15, 0.2) is 0 Å². The molecular formula is C12H14N4O2. The van der Waals surface area contributed by atoms with Crippen molar-refractivity contribution in [3.05, 3.63) is 24.0 Å². The molecule has 1 aromatic rings. The number of likely N-dealkylation sites (tertiary alicyclic amines) is 1. The summed E-state index contributed by atoms with van der Waals surface area (Å²) in [6, 6.07) is 3.38. The molecule has 6 heteroatoms.